The fraction of sp³-hybridized carbons (Fsp3) is 0.438. The van der Waals surface area contributed by atoms with Gasteiger partial charge in [-0.3, -0.25) is 0 Å². The van der Waals surface area contributed by atoms with Crippen LogP contribution in [-0.4, -0.2) is 0 Å². The molecule has 1 aromatic carbocycles. The molecule has 0 heterocycles. The van der Waals surface area contributed by atoms with E-state index in [-0.39, 0.29) is 5.41 Å². The van der Waals surface area contributed by atoms with Crippen LogP contribution in [0.5, 0.6) is 0 Å². The quantitative estimate of drug-likeness (QED) is 0.702. The zero-order valence-corrected chi connectivity index (χ0v) is 10.3. The summed E-state index contributed by atoms with van der Waals surface area (Å²) in [6, 6.07) is 10.3. The van der Waals surface area contributed by atoms with Gasteiger partial charge in [0, 0.05) is 0 Å². The van der Waals surface area contributed by atoms with E-state index in [1.54, 1.807) is 0 Å². The molecule has 0 spiro atoms. The van der Waals surface area contributed by atoms with Gasteiger partial charge in [-0.05, 0) is 42.4 Å². The molecule has 0 aliphatic heterocycles. The van der Waals surface area contributed by atoms with Crippen LogP contribution in [0.2, 0.25) is 0 Å². The van der Waals surface area contributed by atoms with Gasteiger partial charge in [0.15, 0.2) is 0 Å². The first kappa shape index (κ1) is 11.9. The Morgan fingerprint density at radius 3 is 2.35 bits per heavy atom. The van der Waals surface area contributed by atoms with Crippen molar-refractivity contribution >= 4 is 0 Å². The lowest BCUT2D eigenvalue weighted by Gasteiger charge is -2.37. The monoisotopic (exact) mass is 225 g/mol. The van der Waals surface area contributed by atoms with Gasteiger partial charge in [-0.2, -0.15) is 5.26 Å². The van der Waals surface area contributed by atoms with Crippen LogP contribution in [0.15, 0.2) is 36.9 Å². The molecule has 0 aromatic heterocycles. The van der Waals surface area contributed by atoms with Crippen LogP contribution in [0.25, 0.3) is 0 Å². The zero-order chi connectivity index (χ0) is 12.1. The van der Waals surface area contributed by atoms with Crippen molar-refractivity contribution < 1.29 is 0 Å². The largest absolute Gasteiger partial charge is 0.192 e. The Morgan fingerprint density at radius 1 is 1.18 bits per heavy atom. The molecular formula is C16H19N. The lowest BCUT2D eigenvalue weighted by molar-refractivity contribution is 0.295. The topological polar surface area (TPSA) is 23.8 Å². The number of hydrogen-bond donors (Lipinski definition) is 0. The molecule has 1 aliphatic rings. The van der Waals surface area contributed by atoms with E-state index in [9.17, 15) is 0 Å². The molecule has 1 heteroatoms. The molecule has 2 rings (SSSR count). The van der Waals surface area contributed by atoms with Gasteiger partial charge in [-0.1, -0.05) is 37.5 Å². The highest BCUT2D eigenvalue weighted by Crippen LogP contribution is 2.42. The van der Waals surface area contributed by atoms with Gasteiger partial charge < -0.3 is 0 Å². The van der Waals surface area contributed by atoms with Crippen LogP contribution in [-0.2, 0) is 5.41 Å². The van der Waals surface area contributed by atoms with Gasteiger partial charge >= 0.3 is 0 Å². The van der Waals surface area contributed by atoms with Gasteiger partial charge in [0.1, 0.15) is 0 Å². The molecule has 1 aliphatic carbocycles. The molecule has 17 heavy (non-hydrogen) atoms. The Morgan fingerprint density at radius 2 is 1.82 bits per heavy atom. The third-order valence-corrected chi connectivity index (χ3v) is 3.97. The van der Waals surface area contributed by atoms with Crippen molar-refractivity contribution in [2.75, 3.05) is 0 Å². The molecule has 1 aromatic rings. The molecular weight excluding hydrogens is 206 g/mol. The van der Waals surface area contributed by atoms with E-state index in [0.29, 0.717) is 0 Å². The van der Waals surface area contributed by atoms with Crippen molar-refractivity contribution in [1.82, 2.24) is 0 Å². The number of allylic oxidation sites excluding steroid dienone is 1. The first-order valence-electron chi connectivity index (χ1n) is 6.42. The standard InChI is InChI=1S/C16H19N/c1-2-10-16(11-4-3-5-12-16)15-8-6-14(13-17)7-9-15/h2,6-9H,1,3-5,10-12H2. The lowest BCUT2D eigenvalue weighted by Crippen LogP contribution is -2.28. The van der Waals surface area contributed by atoms with Crippen molar-refractivity contribution in [1.29, 1.82) is 5.26 Å². The number of nitrogens with zero attached hydrogens (tertiary/aromatic N) is 1. The highest BCUT2D eigenvalue weighted by molar-refractivity contribution is 5.35. The second-order valence-corrected chi connectivity index (χ2v) is 5.02. The summed E-state index contributed by atoms with van der Waals surface area (Å²) >= 11 is 0. The fourth-order valence-corrected chi connectivity index (χ4v) is 3.01. The van der Waals surface area contributed by atoms with Gasteiger partial charge in [0.05, 0.1) is 11.6 Å². The second-order valence-electron chi connectivity index (χ2n) is 5.02. The first-order chi connectivity index (χ1) is 8.30. The van der Waals surface area contributed by atoms with Gasteiger partial charge in [-0.15, -0.1) is 6.58 Å². The summed E-state index contributed by atoms with van der Waals surface area (Å²) in [5, 5.41) is 8.84. The predicted octanol–water partition coefficient (Wildman–Crippen LogP) is 4.34. The zero-order valence-electron chi connectivity index (χ0n) is 10.3. The van der Waals surface area contributed by atoms with Crippen molar-refractivity contribution in [2.45, 2.75) is 43.9 Å². The summed E-state index contributed by atoms with van der Waals surface area (Å²) in [5.41, 5.74) is 2.42. The maximum Gasteiger partial charge on any atom is 0.0991 e. The molecule has 0 bridgehead atoms. The Labute approximate surface area is 104 Å². The molecule has 0 N–H and O–H groups in total. The van der Waals surface area contributed by atoms with E-state index in [1.807, 2.05) is 18.2 Å². The van der Waals surface area contributed by atoms with E-state index >= 15 is 0 Å². The predicted molar refractivity (Wildman–Crippen MR) is 70.7 cm³/mol. The van der Waals surface area contributed by atoms with Crippen LogP contribution in [0.1, 0.15) is 49.7 Å². The number of rotatable bonds is 3. The lowest BCUT2D eigenvalue weighted by atomic mass is 9.67. The van der Waals surface area contributed by atoms with E-state index in [1.165, 1.54) is 37.7 Å². The molecule has 0 saturated heterocycles. The van der Waals surface area contributed by atoms with Gasteiger partial charge in [-0.25, -0.2) is 0 Å². The van der Waals surface area contributed by atoms with Crippen LogP contribution < -0.4 is 0 Å². The third-order valence-electron chi connectivity index (χ3n) is 3.97. The van der Waals surface area contributed by atoms with Crippen molar-refractivity contribution in [2.24, 2.45) is 0 Å². The molecule has 0 amide bonds. The Hall–Kier alpha value is -1.55. The SMILES string of the molecule is C=CCC1(c2ccc(C#N)cc2)CCCCC1. The minimum absolute atomic E-state index is 0.286. The van der Waals surface area contributed by atoms with Crippen molar-refractivity contribution in [3.05, 3.63) is 48.0 Å². The molecule has 1 fully saturated rings. The third kappa shape index (κ3) is 2.42. The summed E-state index contributed by atoms with van der Waals surface area (Å²) < 4.78 is 0. The summed E-state index contributed by atoms with van der Waals surface area (Å²) in [6.07, 6.45) is 9.59. The smallest absolute Gasteiger partial charge is 0.0991 e. The normalized spacial score (nSPS) is 18.3. The fourth-order valence-electron chi connectivity index (χ4n) is 3.01. The highest BCUT2D eigenvalue weighted by atomic mass is 14.4. The Bertz CT molecular complexity index is 416. The first-order valence-corrected chi connectivity index (χ1v) is 6.42. The minimum Gasteiger partial charge on any atom is -0.192 e. The van der Waals surface area contributed by atoms with Gasteiger partial charge in [0.25, 0.3) is 0 Å². The molecule has 0 unspecified atom stereocenters. The molecule has 88 valence electrons. The summed E-state index contributed by atoms with van der Waals surface area (Å²) in [4.78, 5) is 0. The maximum atomic E-state index is 8.84. The second kappa shape index (κ2) is 5.19. The number of benzene rings is 1. The van der Waals surface area contributed by atoms with E-state index in [4.69, 9.17) is 5.26 Å². The average Bonchev–Trinajstić information content (AvgIpc) is 2.40. The maximum absolute atomic E-state index is 8.84. The summed E-state index contributed by atoms with van der Waals surface area (Å²) in [5.74, 6) is 0. The number of hydrogen-bond acceptors (Lipinski definition) is 1. The Balaban J connectivity index is 2.31. The van der Waals surface area contributed by atoms with E-state index in [0.717, 1.165) is 12.0 Å². The van der Waals surface area contributed by atoms with Crippen molar-refractivity contribution in [3.63, 3.8) is 0 Å². The van der Waals surface area contributed by atoms with E-state index in [2.05, 4.69) is 24.8 Å². The minimum atomic E-state index is 0.286. The Kier molecular flexibility index (Phi) is 3.64. The van der Waals surface area contributed by atoms with Crippen LogP contribution in [0, 0.1) is 11.3 Å². The molecule has 0 atom stereocenters. The average molecular weight is 225 g/mol. The number of nitriles is 1. The van der Waals surface area contributed by atoms with Gasteiger partial charge in [0.2, 0.25) is 0 Å². The molecule has 1 saturated carbocycles. The molecule has 1 nitrogen and oxygen atoms in total. The van der Waals surface area contributed by atoms with Crippen LogP contribution >= 0.6 is 0 Å². The summed E-state index contributed by atoms with van der Waals surface area (Å²) in [7, 11) is 0. The van der Waals surface area contributed by atoms with E-state index < -0.39 is 0 Å². The van der Waals surface area contributed by atoms with Crippen molar-refractivity contribution in [3.8, 4) is 6.07 Å². The van der Waals surface area contributed by atoms with Crippen LogP contribution in [0.4, 0.5) is 0 Å². The van der Waals surface area contributed by atoms with Crippen LogP contribution in [0.3, 0.4) is 0 Å². The highest BCUT2D eigenvalue weighted by Gasteiger charge is 2.32. The molecule has 0 radical (unpaired) electrons. The summed E-state index contributed by atoms with van der Waals surface area (Å²) in [6.45, 7) is 3.91.